The van der Waals surface area contributed by atoms with Crippen molar-refractivity contribution in [1.82, 2.24) is 10.6 Å². The second kappa shape index (κ2) is 9.27. The van der Waals surface area contributed by atoms with Gasteiger partial charge in [0, 0.05) is 38.9 Å². The molecule has 1 aliphatic heterocycles. The number of aryl methyl sites for hydroxylation is 1. The molecule has 6 nitrogen and oxygen atoms in total. The van der Waals surface area contributed by atoms with Crippen molar-refractivity contribution >= 4 is 15.8 Å². The van der Waals surface area contributed by atoms with Crippen molar-refractivity contribution in [1.29, 1.82) is 0 Å². The molecule has 1 aromatic carbocycles. The summed E-state index contributed by atoms with van der Waals surface area (Å²) in [5, 5.41) is 6.74. The number of hydrogen-bond acceptors (Lipinski definition) is 4. The summed E-state index contributed by atoms with van der Waals surface area (Å²) in [7, 11) is -1.44. The van der Waals surface area contributed by atoms with Crippen LogP contribution in [0.4, 0.5) is 0 Å². The Balaban J connectivity index is 1.94. The summed E-state index contributed by atoms with van der Waals surface area (Å²) in [4.78, 5) is 4.69. The number of ether oxygens (including phenoxy) is 1. The Labute approximate surface area is 170 Å². The first kappa shape index (κ1) is 22.7. The third-order valence-electron chi connectivity index (χ3n) is 5.15. The summed E-state index contributed by atoms with van der Waals surface area (Å²) in [6.07, 6.45) is 3.71. The maximum atomic E-state index is 11.8. The molecule has 0 spiro atoms. The van der Waals surface area contributed by atoms with E-state index in [9.17, 15) is 8.42 Å². The van der Waals surface area contributed by atoms with Gasteiger partial charge in [-0.1, -0.05) is 32.9 Å². The van der Waals surface area contributed by atoms with Crippen LogP contribution in [-0.2, 0) is 21.1 Å². The number of hydrogen-bond donors (Lipinski definition) is 2. The Morgan fingerprint density at radius 2 is 2.00 bits per heavy atom. The molecule has 1 heterocycles. The van der Waals surface area contributed by atoms with E-state index in [-0.39, 0.29) is 11.5 Å². The monoisotopic (exact) mass is 409 g/mol. The topological polar surface area (TPSA) is 79.8 Å². The number of nitrogens with zero attached hydrogens (tertiary/aromatic N) is 1. The number of guanidine groups is 1. The standard InChI is InChI=1S/C21H35N3O3S/c1-15-12-16(9-10-18(15)28(6,25)26)13-23-20(22-5)24-14-17-8-7-11-27-19(17)21(2,3)4/h9-10,12,17,19H,7-8,11,13-14H2,1-6H3,(H2,22,23,24). The second-order valence-corrected chi connectivity index (χ2v) is 10.7. The highest BCUT2D eigenvalue weighted by Gasteiger charge is 2.35. The Kier molecular flexibility index (Phi) is 7.51. The average Bonchev–Trinajstić information content (AvgIpc) is 2.60. The van der Waals surface area contributed by atoms with Crippen LogP contribution in [0.5, 0.6) is 0 Å². The van der Waals surface area contributed by atoms with Crippen molar-refractivity contribution < 1.29 is 13.2 Å². The van der Waals surface area contributed by atoms with Crippen LogP contribution in [0.15, 0.2) is 28.1 Å². The van der Waals surface area contributed by atoms with Gasteiger partial charge in [-0.25, -0.2) is 8.42 Å². The molecule has 0 radical (unpaired) electrons. The third kappa shape index (κ3) is 6.21. The molecular weight excluding hydrogens is 374 g/mol. The lowest BCUT2D eigenvalue weighted by Gasteiger charge is -2.40. The van der Waals surface area contributed by atoms with Crippen LogP contribution in [0.3, 0.4) is 0 Å². The van der Waals surface area contributed by atoms with E-state index >= 15 is 0 Å². The lowest BCUT2D eigenvalue weighted by molar-refractivity contribution is -0.0835. The lowest BCUT2D eigenvalue weighted by Crippen LogP contribution is -2.47. The van der Waals surface area contributed by atoms with E-state index < -0.39 is 9.84 Å². The van der Waals surface area contributed by atoms with Gasteiger partial charge in [0.2, 0.25) is 0 Å². The number of sulfone groups is 1. The van der Waals surface area contributed by atoms with Crippen molar-refractivity contribution in [2.45, 2.75) is 58.1 Å². The van der Waals surface area contributed by atoms with Crippen LogP contribution in [0.1, 0.15) is 44.7 Å². The van der Waals surface area contributed by atoms with Crippen molar-refractivity contribution in [3.8, 4) is 0 Å². The Hall–Kier alpha value is -1.60. The van der Waals surface area contributed by atoms with Gasteiger partial charge in [0.1, 0.15) is 0 Å². The molecule has 0 amide bonds. The molecule has 0 bridgehead atoms. The molecule has 2 rings (SSSR count). The predicted molar refractivity (Wildman–Crippen MR) is 114 cm³/mol. The number of nitrogens with one attached hydrogen (secondary N) is 2. The maximum absolute atomic E-state index is 11.8. The zero-order valence-corrected chi connectivity index (χ0v) is 18.8. The lowest BCUT2D eigenvalue weighted by atomic mass is 9.78. The van der Waals surface area contributed by atoms with E-state index in [2.05, 4.69) is 36.4 Å². The second-order valence-electron chi connectivity index (χ2n) is 8.74. The first-order chi connectivity index (χ1) is 13.0. The van der Waals surface area contributed by atoms with Crippen LogP contribution in [0.2, 0.25) is 0 Å². The van der Waals surface area contributed by atoms with Gasteiger partial charge in [0.05, 0.1) is 11.0 Å². The Morgan fingerprint density at radius 3 is 2.57 bits per heavy atom. The summed E-state index contributed by atoms with van der Waals surface area (Å²) >= 11 is 0. The molecule has 1 aliphatic rings. The van der Waals surface area contributed by atoms with Gasteiger partial charge in [-0.2, -0.15) is 0 Å². The Bertz CT molecular complexity index is 798. The number of aliphatic imine (C=N–C) groups is 1. The van der Waals surface area contributed by atoms with E-state index in [4.69, 9.17) is 4.74 Å². The molecule has 7 heteroatoms. The van der Waals surface area contributed by atoms with Gasteiger partial charge in [0.15, 0.2) is 15.8 Å². The number of rotatable bonds is 5. The van der Waals surface area contributed by atoms with E-state index in [1.54, 1.807) is 13.1 Å². The predicted octanol–water partition coefficient (Wildman–Crippen LogP) is 2.90. The third-order valence-corrected chi connectivity index (χ3v) is 6.41. The van der Waals surface area contributed by atoms with Crippen molar-refractivity contribution in [3.05, 3.63) is 29.3 Å². The SMILES string of the molecule is CN=C(NCc1ccc(S(C)(=O)=O)c(C)c1)NCC1CCCOC1C(C)(C)C. The number of benzene rings is 1. The average molecular weight is 410 g/mol. The minimum atomic E-state index is -3.19. The highest BCUT2D eigenvalue weighted by atomic mass is 32.2. The van der Waals surface area contributed by atoms with Gasteiger partial charge in [-0.05, 0) is 42.4 Å². The molecule has 0 aromatic heterocycles. The zero-order chi connectivity index (χ0) is 20.9. The van der Waals surface area contributed by atoms with Gasteiger partial charge < -0.3 is 15.4 Å². The molecule has 2 atom stereocenters. The van der Waals surface area contributed by atoms with Gasteiger partial charge in [-0.3, -0.25) is 4.99 Å². The molecule has 1 aromatic rings. The van der Waals surface area contributed by atoms with E-state index in [1.165, 1.54) is 6.26 Å². The van der Waals surface area contributed by atoms with E-state index in [0.29, 0.717) is 17.4 Å². The fraction of sp³-hybridized carbons (Fsp3) is 0.667. The van der Waals surface area contributed by atoms with Gasteiger partial charge >= 0.3 is 0 Å². The molecular formula is C21H35N3O3S. The van der Waals surface area contributed by atoms with E-state index in [0.717, 1.165) is 43.1 Å². The largest absolute Gasteiger partial charge is 0.377 e. The van der Waals surface area contributed by atoms with Crippen LogP contribution in [0, 0.1) is 18.3 Å². The normalized spacial score (nSPS) is 21.4. The highest BCUT2D eigenvalue weighted by molar-refractivity contribution is 7.90. The Morgan fingerprint density at radius 1 is 1.29 bits per heavy atom. The first-order valence-electron chi connectivity index (χ1n) is 9.88. The molecule has 1 fully saturated rings. The summed E-state index contributed by atoms with van der Waals surface area (Å²) in [5.74, 6) is 1.19. The van der Waals surface area contributed by atoms with E-state index in [1.807, 2.05) is 19.1 Å². The van der Waals surface area contributed by atoms with Crippen molar-refractivity contribution in [2.24, 2.45) is 16.3 Å². The summed E-state index contributed by atoms with van der Waals surface area (Å²) in [6, 6.07) is 5.42. The van der Waals surface area contributed by atoms with Crippen LogP contribution in [0.25, 0.3) is 0 Å². The summed E-state index contributed by atoms with van der Waals surface area (Å²) in [5.41, 5.74) is 1.89. The molecule has 0 saturated carbocycles. The maximum Gasteiger partial charge on any atom is 0.191 e. The molecule has 2 N–H and O–H groups in total. The molecule has 1 saturated heterocycles. The summed E-state index contributed by atoms with van der Waals surface area (Å²) in [6.45, 7) is 10.7. The molecule has 28 heavy (non-hydrogen) atoms. The zero-order valence-electron chi connectivity index (χ0n) is 18.0. The molecule has 0 aliphatic carbocycles. The van der Waals surface area contributed by atoms with Crippen molar-refractivity contribution in [3.63, 3.8) is 0 Å². The minimum absolute atomic E-state index is 0.114. The molecule has 2 unspecified atom stereocenters. The minimum Gasteiger partial charge on any atom is -0.377 e. The smallest absolute Gasteiger partial charge is 0.191 e. The van der Waals surface area contributed by atoms with Crippen molar-refractivity contribution in [2.75, 3.05) is 26.5 Å². The van der Waals surface area contributed by atoms with Crippen LogP contribution in [-0.4, -0.2) is 46.9 Å². The van der Waals surface area contributed by atoms with Crippen LogP contribution >= 0.6 is 0 Å². The van der Waals surface area contributed by atoms with Gasteiger partial charge in [-0.15, -0.1) is 0 Å². The fourth-order valence-corrected chi connectivity index (χ4v) is 4.84. The first-order valence-corrected chi connectivity index (χ1v) is 11.8. The molecule has 158 valence electrons. The summed E-state index contributed by atoms with van der Waals surface area (Å²) < 4.78 is 29.6. The fourth-order valence-electron chi connectivity index (χ4n) is 3.88. The quantitative estimate of drug-likeness (QED) is 0.577. The van der Waals surface area contributed by atoms with Crippen LogP contribution < -0.4 is 10.6 Å². The van der Waals surface area contributed by atoms with Gasteiger partial charge in [0.25, 0.3) is 0 Å². The highest BCUT2D eigenvalue weighted by Crippen LogP contribution is 2.33.